The summed E-state index contributed by atoms with van der Waals surface area (Å²) in [6.07, 6.45) is 2.60. The average Bonchev–Trinajstić information content (AvgIpc) is 3.38. The summed E-state index contributed by atoms with van der Waals surface area (Å²) in [5.41, 5.74) is 4.02. The van der Waals surface area contributed by atoms with Crippen molar-refractivity contribution in [2.45, 2.75) is 39.5 Å². The molecule has 262 valence electrons. The minimum Gasteiger partial charge on any atom is -0.503 e. The molecule has 4 aliphatic rings. The molecule has 3 aromatic rings. The number of allylic oxidation sites excluding steroid dienone is 4. The predicted molar refractivity (Wildman–Crippen MR) is 197 cm³/mol. The zero-order valence-corrected chi connectivity index (χ0v) is 30.9. The lowest BCUT2D eigenvalue weighted by Crippen LogP contribution is -2.55. The molecular formula is C40H39BrN4O6. The maximum absolute atomic E-state index is 14.4. The quantitative estimate of drug-likeness (QED) is 0.154. The fourth-order valence-corrected chi connectivity index (χ4v) is 9.19. The van der Waals surface area contributed by atoms with E-state index in [1.54, 1.807) is 50.2 Å². The fraction of sp³-hybridized carbons (Fsp3) is 0.350. The maximum Gasteiger partial charge on any atom is 0.238 e. The summed E-state index contributed by atoms with van der Waals surface area (Å²) in [7, 11) is 5.38. The van der Waals surface area contributed by atoms with Gasteiger partial charge in [-0.3, -0.25) is 24.1 Å². The van der Waals surface area contributed by atoms with Gasteiger partial charge in [0.05, 0.1) is 45.9 Å². The number of Topliss-reactive ketones (excluding diaryl/α,β-unsaturated/α-hetero) is 2. The van der Waals surface area contributed by atoms with E-state index in [1.165, 1.54) is 12.0 Å². The lowest BCUT2D eigenvalue weighted by Gasteiger charge is -2.54. The molecule has 3 aromatic carbocycles. The van der Waals surface area contributed by atoms with Gasteiger partial charge in [-0.1, -0.05) is 18.6 Å². The van der Waals surface area contributed by atoms with Crippen LogP contribution in [0.15, 0.2) is 98.2 Å². The van der Waals surface area contributed by atoms with Crippen molar-refractivity contribution in [1.82, 2.24) is 0 Å². The summed E-state index contributed by atoms with van der Waals surface area (Å²) in [5.74, 6) is -3.76. The number of phenolic OH excluding ortho intramolecular Hbond substituents is 1. The highest BCUT2D eigenvalue weighted by Crippen LogP contribution is 2.63. The number of nitrogens with zero attached hydrogens (tertiary/aromatic N) is 4. The van der Waals surface area contributed by atoms with Crippen LogP contribution in [0.25, 0.3) is 0 Å². The summed E-state index contributed by atoms with van der Waals surface area (Å²) >= 11 is 3.45. The minimum absolute atomic E-state index is 0.0793. The van der Waals surface area contributed by atoms with E-state index in [1.807, 2.05) is 56.3 Å². The number of hydrogen-bond donors (Lipinski definition) is 1. The van der Waals surface area contributed by atoms with Crippen LogP contribution in [0.5, 0.6) is 11.5 Å². The number of phenols is 1. The molecule has 51 heavy (non-hydrogen) atoms. The molecule has 10 nitrogen and oxygen atoms in total. The number of azo groups is 1. The summed E-state index contributed by atoms with van der Waals surface area (Å²) in [6, 6.07) is 18.0. The van der Waals surface area contributed by atoms with Crippen LogP contribution in [0, 0.1) is 29.1 Å². The highest BCUT2D eigenvalue weighted by Gasteiger charge is 2.64. The second-order valence-corrected chi connectivity index (χ2v) is 15.2. The second kappa shape index (κ2) is 12.7. The van der Waals surface area contributed by atoms with Crippen LogP contribution in [0.4, 0.5) is 22.7 Å². The SMILES string of the molecule is COc1cc([C@H]2C3=CC[C@@H]4C(=O)N(c5ccc(N=Nc6ccc(N(C)C)cc6)cc5)C(=O)[C@@H]4[C@@H]3C[C@H]3C(=O)C(C)=C(C)C(=O)[C@@]23C)cc(Br)c1O. The molecule has 1 saturated carbocycles. The summed E-state index contributed by atoms with van der Waals surface area (Å²) in [6.45, 7) is 5.24. The van der Waals surface area contributed by atoms with Gasteiger partial charge in [0.15, 0.2) is 23.1 Å². The number of anilines is 2. The van der Waals surface area contributed by atoms with Gasteiger partial charge in [-0.25, -0.2) is 0 Å². The van der Waals surface area contributed by atoms with Gasteiger partial charge in [-0.2, -0.15) is 10.2 Å². The number of imide groups is 1. The van der Waals surface area contributed by atoms with Crippen molar-refractivity contribution in [3.8, 4) is 11.5 Å². The molecule has 0 spiro atoms. The standard InChI is InChI=1S/C40H39BrN4O6/c1-20-21(2)37(48)40(3)30(35(20)46)19-29-27(34(40)22-17-31(41)36(47)32(18-22)51-6)15-16-28-33(29)39(50)45(38(28)49)26-13-9-24(10-14-26)43-42-23-7-11-25(12-8-23)44(4)5/h7-15,17-18,28-30,33-34,47H,16,19H2,1-6H3/t28-,29+,30-,33-,34-,40+/m0/s1. The Hall–Kier alpha value is -4.90. The molecular weight excluding hydrogens is 712 g/mol. The molecule has 0 aromatic heterocycles. The van der Waals surface area contributed by atoms with Gasteiger partial charge in [0.1, 0.15) is 0 Å². The Balaban J connectivity index is 1.23. The lowest BCUT2D eigenvalue weighted by atomic mass is 9.46. The highest BCUT2D eigenvalue weighted by atomic mass is 79.9. The normalized spacial score (nSPS) is 27.4. The molecule has 7 rings (SSSR count). The topological polar surface area (TPSA) is 129 Å². The van der Waals surface area contributed by atoms with Gasteiger partial charge in [-0.05, 0) is 126 Å². The van der Waals surface area contributed by atoms with E-state index in [2.05, 4.69) is 26.2 Å². The monoisotopic (exact) mass is 750 g/mol. The fourth-order valence-electron chi connectivity index (χ4n) is 8.73. The van der Waals surface area contributed by atoms with Crippen molar-refractivity contribution in [1.29, 1.82) is 0 Å². The number of fused-ring (bicyclic) bond motifs is 4. The molecule has 2 fully saturated rings. The van der Waals surface area contributed by atoms with Crippen molar-refractivity contribution < 1.29 is 29.0 Å². The predicted octanol–water partition coefficient (Wildman–Crippen LogP) is 7.99. The van der Waals surface area contributed by atoms with E-state index in [-0.39, 0.29) is 41.3 Å². The van der Waals surface area contributed by atoms with Gasteiger partial charge >= 0.3 is 0 Å². The van der Waals surface area contributed by atoms with Crippen molar-refractivity contribution >= 4 is 62.1 Å². The third-order valence-electron chi connectivity index (χ3n) is 11.5. The van der Waals surface area contributed by atoms with Crippen LogP contribution in [0.3, 0.4) is 0 Å². The first-order valence-electron chi connectivity index (χ1n) is 17.0. The average molecular weight is 752 g/mol. The molecule has 3 aliphatic carbocycles. The third-order valence-corrected chi connectivity index (χ3v) is 12.1. The Bertz CT molecular complexity index is 2090. The molecule has 1 aliphatic heterocycles. The Labute approximate surface area is 305 Å². The smallest absolute Gasteiger partial charge is 0.238 e. The Morgan fingerprint density at radius 3 is 2.14 bits per heavy atom. The third kappa shape index (κ3) is 5.35. The van der Waals surface area contributed by atoms with Gasteiger partial charge in [0, 0.05) is 31.6 Å². The van der Waals surface area contributed by atoms with E-state index < -0.39 is 35.0 Å². The molecule has 6 atom stereocenters. The number of halogens is 1. The molecule has 0 radical (unpaired) electrons. The van der Waals surface area contributed by atoms with E-state index >= 15 is 0 Å². The Morgan fingerprint density at radius 2 is 1.53 bits per heavy atom. The first kappa shape index (κ1) is 34.5. The number of carbonyl (C=O) groups excluding carboxylic acids is 4. The largest absolute Gasteiger partial charge is 0.503 e. The first-order chi connectivity index (χ1) is 24.3. The second-order valence-electron chi connectivity index (χ2n) is 14.3. The van der Waals surface area contributed by atoms with Gasteiger partial charge in [-0.15, -0.1) is 0 Å². The highest BCUT2D eigenvalue weighted by molar-refractivity contribution is 9.10. The van der Waals surface area contributed by atoms with Gasteiger partial charge < -0.3 is 14.7 Å². The lowest BCUT2D eigenvalue weighted by molar-refractivity contribution is -0.142. The van der Waals surface area contributed by atoms with Gasteiger partial charge in [0.2, 0.25) is 11.8 Å². The molecule has 1 heterocycles. The zero-order valence-electron chi connectivity index (χ0n) is 29.3. The van der Waals surface area contributed by atoms with Crippen LogP contribution < -0.4 is 14.5 Å². The molecule has 0 unspecified atom stereocenters. The number of aromatic hydroxyl groups is 1. The Morgan fingerprint density at radius 1 is 0.902 bits per heavy atom. The van der Waals surface area contributed by atoms with Gasteiger partial charge in [0.25, 0.3) is 0 Å². The van der Waals surface area contributed by atoms with Crippen LogP contribution in [-0.2, 0) is 19.2 Å². The summed E-state index contributed by atoms with van der Waals surface area (Å²) in [4.78, 5) is 60.1. The number of ether oxygens (including phenoxy) is 1. The van der Waals surface area contributed by atoms with Crippen molar-refractivity contribution in [3.05, 3.63) is 93.5 Å². The van der Waals surface area contributed by atoms with E-state index in [0.717, 1.165) is 11.3 Å². The summed E-state index contributed by atoms with van der Waals surface area (Å²) in [5, 5.41) is 19.3. The number of ketones is 2. The van der Waals surface area contributed by atoms with E-state index in [9.17, 15) is 24.3 Å². The number of rotatable bonds is 6. The van der Waals surface area contributed by atoms with Crippen molar-refractivity contribution in [3.63, 3.8) is 0 Å². The minimum atomic E-state index is -1.15. The van der Waals surface area contributed by atoms with Crippen LogP contribution in [0.1, 0.15) is 45.1 Å². The molecule has 1 N–H and O–H groups in total. The van der Waals surface area contributed by atoms with Crippen molar-refractivity contribution in [2.24, 2.45) is 39.3 Å². The van der Waals surface area contributed by atoms with E-state index in [0.29, 0.717) is 44.7 Å². The molecule has 2 amide bonds. The number of benzene rings is 3. The van der Waals surface area contributed by atoms with Crippen molar-refractivity contribution in [2.75, 3.05) is 31.0 Å². The zero-order chi connectivity index (χ0) is 36.5. The maximum atomic E-state index is 14.4. The number of hydrogen-bond acceptors (Lipinski definition) is 9. The van der Waals surface area contributed by atoms with E-state index in [4.69, 9.17) is 4.74 Å². The Kier molecular flexibility index (Phi) is 8.60. The summed E-state index contributed by atoms with van der Waals surface area (Å²) < 4.78 is 5.87. The first-order valence-corrected chi connectivity index (χ1v) is 17.8. The number of carbonyl (C=O) groups is 4. The number of methoxy groups -OCH3 is 1. The molecule has 0 bridgehead atoms. The molecule has 11 heteroatoms. The molecule has 1 saturated heterocycles. The van der Waals surface area contributed by atoms with Crippen LogP contribution in [0.2, 0.25) is 0 Å². The van der Waals surface area contributed by atoms with Crippen LogP contribution >= 0.6 is 15.9 Å². The van der Waals surface area contributed by atoms with Crippen LogP contribution in [-0.4, -0.2) is 49.7 Å². The number of amides is 2.